The predicted molar refractivity (Wildman–Crippen MR) is 101 cm³/mol. The maximum Gasteiger partial charge on any atom is 0.236 e. The van der Waals surface area contributed by atoms with Crippen molar-refractivity contribution < 1.29 is 4.79 Å². The fourth-order valence-electron chi connectivity index (χ4n) is 1.97. The molecule has 3 aromatic rings. The van der Waals surface area contributed by atoms with Crippen LogP contribution in [0, 0.1) is 0 Å². The Hall–Kier alpha value is -1.27. The topological polar surface area (TPSA) is 42.0 Å². The highest BCUT2D eigenvalue weighted by Crippen LogP contribution is 2.26. The van der Waals surface area contributed by atoms with Crippen molar-refractivity contribution in [1.82, 2.24) is 4.98 Å². The van der Waals surface area contributed by atoms with Crippen molar-refractivity contribution >= 4 is 67.6 Å². The maximum absolute atomic E-state index is 12.0. The summed E-state index contributed by atoms with van der Waals surface area (Å²) in [5.74, 6) is 0.928. The summed E-state index contributed by atoms with van der Waals surface area (Å²) in [5, 5.41) is 4.69. The normalized spacial score (nSPS) is 10.9. The molecule has 0 saturated heterocycles. The van der Waals surface area contributed by atoms with Crippen LogP contribution in [0.25, 0.3) is 10.2 Å². The largest absolute Gasteiger partial charge is 0.301 e. The molecule has 0 bridgehead atoms. The van der Waals surface area contributed by atoms with E-state index in [0.29, 0.717) is 26.7 Å². The van der Waals surface area contributed by atoms with Crippen molar-refractivity contribution in [3.05, 3.63) is 58.1 Å². The molecule has 1 aromatic heterocycles. The van der Waals surface area contributed by atoms with Crippen molar-refractivity contribution in [2.75, 3.05) is 11.1 Å². The lowest BCUT2D eigenvalue weighted by Gasteiger charge is -2.05. The molecule has 3 nitrogen and oxygen atoms in total. The van der Waals surface area contributed by atoms with Gasteiger partial charge in [0.15, 0.2) is 5.13 Å². The number of thioether (sulfide) groups is 1. The summed E-state index contributed by atoms with van der Waals surface area (Å²) in [4.78, 5) is 16.4. The lowest BCUT2D eigenvalue weighted by atomic mass is 10.2. The summed E-state index contributed by atoms with van der Waals surface area (Å²) in [6.07, 6.45) is 0. The van der Waals surface area contributed by atoms with Gasteiger partial charge in [-0.25, -0.2) is 4.98 Å². The number of carbonyl (C=O) groups excluding carboxylic acids is 1. The summed E-state index contributed by atoms with van der Waals surface area (Å²) in [7, 11) is 0. The summed E-state index contributed by atoms with van der Waals surface area (Å²) >= 11 is 14.9. The van der Waals surface area contributed by atoms with E-state index in [-0.39, 0.29) is 5.91 Å². The van der Waals surface area contributed by atoms with Crippen LogP contribution in [-0.2, 0) is 10.5 Å². The standard InChI is InChI=1S/C16H12Cl2N2OS2/c17-11-6-5-10(12(18)7-11)8-22-9-15(21)20-16-19-13-3-1-2-4-14(13)23-16/h1-7H,8-9H2,(H,19,20,21). The van der Waals surface area contributed by atoms with Crippen LogP contribution in [-0.4, -0.2) is 16.6 Å². The molecule has 0 aliphatic carbocycles. The number of nitrogens with one attached hydrogen (secondary N) is 1. The van der Waals surface area contributed by atoms with Gasteiger partial charge in [-0.15, -0.1) is 11.8 Å². The van der Waals surface area contributed by atoms with Gasteiger partial charge in [-0.3, -0.25) is 4.79 Å². The van der Waals surface area contributed by atoms with Crippen LogP contribution >= 0.6 is 46.3 Å². The Morgan fingerprint density at radius 3 is 2.83 bits per heavy atom. The fourth-order valence-corrected chi connectivity index (χ4v) is 4.24. The van der Waals surface area contributed by atoms with E-state index in [9.17, 15) is 4.79 Å². The molecular weight excluding hydrogens is 371 g/mol. The smallest absolute Gasteiger partial charge is 0.236 e. The first-order chi connectivity index (χ1) is 11.1. The van der Waals surface area contributed by atoms with Crippen molar-refractivity contribution in [3.63, 3.8) is 0 Å². The quantitative estimate of drug-likeness (QED) is 0.635. The number of carbonyl (C=O) groups is 1. The zero-order valence-corrected chi connectivity index (χ0v) is 15.0. The highest BCUT2D eigenvalue weighted by Gasteiger charge is 2.08. The average molecular weight is 383 g/mol. The van der Waals surface area contributed by atoms with Crippen LogP contribution in [0.5, 0.6) is 0 Å². The van der Waals surface area contributed by atoms with Gasteiger partial charge in [-0.1, -0.05) is 52.7 Å². The minimum Gasteiger partial charge on any atom is -0.301 e. The van der Waals surface area contributed by atoms with Crippen molar-refractivity contribution in [1.29, 1.82) is 0 Å². The van der Waals surface area contributed by atoms with Crippen LogP contribution in [0.2, 0.25) is 10.0 Å². The molecule has 0 fully saturated rings. The molecular formula is C16H12Cl2N2OS2. The molecule has 1 heterocycles. The number of rotatable bonds is 5. The Balaban J connectivity index is 1.53. The van der Waals surface area contributed by atoms with Gasteiger partial charge in [0.25, 0.3) is 0 Å². The SMILES string of the molecule is O=C(CSCc1ccc(Cl)cc1Cl)Nc1nc2ccccc2s1. The number of aromatic nitrogens is 1. The third kappa shape index (κ3) is 4.38. The molecule has 1 N–H and O–H groups in total. The molecule has 7 heteroatoms. The minimum absolute atomic E-state index is 0.0702. The van der Waals surface area contributed by atoms with Gasteiger partial charge in [0, 0.05) is 15.8 Å². The van der Waals surface area contributed by atoms with E-state index in [2.05, 4.69) is 10.3 Å². The van der Waals surface area contributed by atoms with Crippen LogP contribution in [0.1, 0.15) is 5.56 Å². The Kier molecular flexibility index (Phi) is 5.43. The predicted octanol–water partition coefficient (Wildman–Crippen LogP) is 5.48. The zero-order chi connectivity index (χ0) is 16.2. The fraction of sp³-hybridized carbons (Fsp3) is 0.125. The molecule has 0 radical (unpaired) electrons. The van der Waals surface area contributed by atoms with Gasteiger partial charge in [0.1, 0.15) is 0 Å². The third-order valence-corrected chi connectivity index (χ3v) is 5.57. The number of nitrogens with zero attached hydrogens (tertiary/aromatic N) is 1. The van der Waals surface area contributed by atoms with Gasteiger partial charge in [-0.05, 0) is 29.8 Å². The maximum atomic E-state index is 12.0. The second-order valence-corrected chi connectivity index (χ2v) is 7.62. The second kappa shape index (κ2) is 7.53. The van der Waals surface area contributed by atoms with Gasteiger partial charge < -0.3 is 5.32 Å². The van der Waals surface area contributed by atoms with Crippen LogP contribution in [0.4, 0.5) is 5.13 Å². The lowest BCUT2D eigenvalue weighted by molar-refractivity contribution is -0.113. The Labute approximate surface area is 152 Å². The van der Waals surface area contributed by atoms with E-state index in [4.69, 9.17) is 23.2 Å². The van der Waals surface area contributed by atoms with Crippen LogP contribution in [0.3, 0.4) is 0 Å². The summed E-state index contributed by atoms with van der Waals surface area (Å²) in [6.45, 7) is 0. The Morgan fingerprint density at radius 2 is 2.04 bits per heavy atom. The van der Waals surface area contributed by atoms with Gasteiger partial charge >= 0.3 is 0 Å². The minimum atomic E-state index is -0.0702. The molecule has 0 saturated carbocycles. The summed E-state index contributed by atoms with van der Waals surface area (Å²) in [6, 6.07) is 13.2. The molecule has 118 valence electrons. The molecule has 23 heavy (non-hydrogen) atoms. The number of para-hydroxylation sites is 1. The van der Waals surface area contributed by atoms with Crippen LogP contribution < -0.4 is 5.32 Å². The highest BCUT2D eigenvalue weighted by molar-refractivity contribution is 7.99. The monoisotopic (exact) mass is 382 g/mol. The molecule has 0 spiro atoms. The number of benzene rings is 2. The number of thiazole rings is 1. The zero-order valence-electron chi connectivity index (χ0n) is 11.9. The van der Waals surface area contributed by atoms with Crippen molar-refractivity contribution in [2.45, 2.75) is 5.75 Å². The van der Waals surface area contributed by atoms with Gasteiger partial charge in [0.05, 0.1) is 16.0 Å². The van der Waals surface area contributed by atoms with Gasteiger partial charge in [-0.2, -0.15) is 0 Å². The third-order valence-electron chi connectivity index (χ3n) is 3.05. The lowest BCUT2D eigenvalue weighted by Crippen LogP contribution is -2.13. The molecule has 0 unspecified atom stereocenters. The molecule has 0 aliphatic heterocycles. The average Bonchev–Trinajstić information content (AvgIpc) is 2.91. The second-order valence-electron chi connectivity index (χ2n) is 4.76. The van der Waals surface area contributed by atoms with Crippen molar-refractivity contribution in [3.8, 4) is 0 Å². The number of amides is 1. The van der Waals surface area contributed by atoms with E-state index in [1.165, 1.54) is 23.1 Å². The van der Waals surface area contributed by atoms with E-state index in [1.54, 1.807) is 12.1 Å². The number of hydrogen-bond acceptors (Lipinski definition) is 4. The summed E-state index contributed by atoms with van der Waals surface area (Å²) < 4.78 is 1.06. The Morgan fingerprint density at radius 1 is 1.22 bits per heavy atom. The molecule has 3 rings (SSSR count). The molecule has 0 atom stereocenters. The number of halogens is 2. The first-order valence-electron chi connectivity index (χ1n) is 6.79. The molecule has 0 aliphatic rings. The van der Waals surface area contributed by atoms with Crippen molar-refractivity contribution in [2.24, 2.45) is 0 Å². The number of anilines is 1. The molecule has 2 aromatic carbocycles. The van der Waals surface area contributed by atoms with E-state index in [1.807, 2.05) is 30.3 Å². The van der Waals surface area contributed by atoms with E-state index in [0.717, 1.165) is 15.8 Å². The van der Waals surface area contributed by atoms with E-state index < -0.39 is 0 Å². The first kappa shape index (κ1) is 16.6. The van der Waals surface area contributed by atoms with Gasteiger partial charge in [0.2, 0.25) is 5.91 Å². The summed E-state index contributed by atoms with van der Waals surface area (Å²) in [5.41, 5.74) is 1.86. The highest BCUT2D eigenvalue weighted by atomic mass is 35.5. The molecule has 1 amide bonds. The first-order valence-corrected chi connectivity index (χ1v) is 9.51. The van der Waals surface area contributed by atoms with E-state index >= 15 is 0 Å². The number of fused-ring (bicyclic) bond motifs is 1. The Bertz CT molecular complexity index is 818. The van der Waals surface area contributed by atoms with Crippen LogP contribution in [0.15, 0.2) is 42.5 Å². The number of hydrogen-bond donors (Lipinski definition) is 1.